The Hall–Kier alpha value is -2.84. The van der Waals surface area contributed by atoms with Crippen LogP contribution in [-0.4, -0.2) is 49.7 Å². The summed E-state index contributed by atoms with van der Waals surface area (Å²) in [4.78, 5) is 40.4. The van der Waals surface area contributed by atoms with Gasteiger partial charge in [0, 0.05) is 24.6 Å². The number of aromatic amines is 1. The lowest BCUT2D eigenvalue weighted by atomic mass is 9.89. The van der Waals surface area contributed by atoms with Crippen molar-refractivity contribution in [2.45, 2.75) is 58.1 Å². The van der Waals surface area contributed by atoms with E-state index >= 15 is 0 Å². The molecule has 2 aromatic heterocycles. The maximum atomic E-state index is 12.4. The monoisotopic (exact) mass is 375 g/mol. The van der Waals surface area contributed by atoms with E-state index in [9.17, 15) is 14.4 Å². The zero-order chi connectivity index (χ0) is 19.9. The van der Waals surface area contributed by atoms with Crippen LogP contribution in [0.5, 0.6) is 0 Å². The normalized spacial score (nSPS) is 20.7. The molecule has 2 amide bonds. The summed E-state index contributed by atoms with van der Waals surface area (Å²) in [5, 5.41) is 4.22. The fourth-order valence-electron chi connectivity index (χ4n) is 3.52. The van der Waals surface area contributed by atoms with Crippen LogP contribution in [0.15, 0.2) is 17.1 Å². The van der Waals surface area contributed by atoms with E-state index in [2.05, 4.69) is 10.1 Å². The predicted octanol–water partition coefficient (Wildman–Crippen LogP) is 1.62. The number of nitrogens with zero attached hydrogens (tertiary/aromatic N) is 3. The van der Waals surface area contributed by atoms with Crippen LogP contribution in [0.4, 0.5) is 4.79 Å². The Balaban J connectivity index is 1.86. The van der Waals surface area contributed by atoms with Gasteiger partial charge in [0.2, 0.25) is 0 Å². The smallest absolute Gasteiger partial charge is 0.410 e. The Morgan fingerprint density at radius 2 is 2.07 bits per heavy atom. The van der Waals surface area contributed by atoms with Gasteiger partial charge in [0.05, 0.1) is 11.9 Å². The molecule has 0 aliphatic carbocycles. The van der Waals surface area contributed by atoms with Crippen molar-refractivity contribution in [2.24, 2.45) is 5.73 Å². The van der Waals surface area contributed by atoms with Crippen LogP contribution < -0.4 is 11.3 Å². The van der Waals surface area contributed by atoms with E-state index in [4.69, 9.17) is 10.5 Å². The van der Waals surface area contributed by atoms with Gasteiger partial charge in [-0.3, -0.25) is 9.59 Å². The molecule has 2 aromatic rings. The second-order valence-electron chi connectivity index (χ2n) is 7.99. The molecule has 3 rings (SSSR count). The molecule has 146 valence electrons. The molecule has 27 heavy (non-hydrogen) atoms. The number of rotatable bonds is 2. The van der Waals surface area contributed by atoms with Crippen LogP contribution in [0.3, 0.4) is 0 Å². The number of nitrogens with two attached hydrogens (primary N) is 1. The van der Waals surface area contributed by atoms with Crippen LogP contribution in [0, 0.1) is 0 Å². The molecular weight excluding hydrogens is 350 g/mol. The van der Waals surface area contributed by atoms with Gasteiger partial charge >= 0.3 is 6.09 Å². The molecular formula is C18H25N5O4. The van der Waals surface area contributed by atoms with Gasteiger partial charge in [-0.2, -0.15) is 5.10 Å². The Labute approximate surface area is 156 Å². The number of piperidine rings is 1. The fourth-order valence-corrected chi connectivity index (χ4v) is 3.52. The van der Waals surface area contributed by atoms with E-state index in [1.807, 2.05) is 27.7 Å². The van der Waals surface area contributed by atoms with Gasteiger partial charge in [0.1, 0.15) is 16.8 Å². The largest absolute Gasteiger partial charge is 0.444 e. The summed E-state index contributed by atoms with van der Waals surface area (Å²) in [6.07, 6.45) is 2.34. The highest BCUT2D eigenvalue weighted by Crippen LogP contribution is 2.32. The molecule has 2 atom stereocenters. The number of ether oxygens (including phenoxy) is 1. The first-order chi connectivity index (χ1) is 12.6. The van der Waals surface area contributed by atoms with Crippen molar-refractivity contribution in [1.29, 1.82) is 0 Å². The lowest BCUT2D eigenvalue weighted by Gasteiger charge is -2.38. The molecule has 0 radical (unpaired) electrons. The molecule has 1 saturated heterocycles. The summed E-state index contributed by atoms with van der Waals surface area (Å²) in [6.45, 7) is 7.98. The molecule has 1 fully saturated rings. The third kappa shape index (κ3) is 3.81. The molecule has 0 unspecified atom stereocenters. The third-order valence-electron chi connectivity index (χ3n) is 4.72. The summed E-state index contributed by atoms with van der Waals surface area (Å²) in [6, 6.07) is 1.43. The fraction of sp³-hybridized carbons (Fsp3) is 0.556. The molecule has 0 aromatic carbocycles. The van der Waals surface area contributed by atoms with Crippen LogP contribution in [0.2, 0.25) is 0 Å². The van der Waals surface area contributed by atoms with Crippen molar-refractivity contribution in [3.05, 3.63) is 33.9 Å². The van der Waals surface area contributed by atoms with Crippen LogP contribution in [0.1, 0.15) is 62.5 Å². The Kier molecular flexibility index (Phi) is 4.71. The lowest BCUT2D eigenvalue weighted by Crippen LogP contribution is -2.46. The molecule has 0 saturated carbocycles. The minimum Gasteiger partial charge on any atom is -0.444 e. The van der Waals surface area contributed by atoms with Crippen molar-refractivity contribution >= 4 is 17.6 Å². The highest BCUT2D eigenvalue weighted by atomic mass is 16.6. The van der Waals surface area contributed by atoms with Gasteiger partial charge in [-0.05, 0) is 40.5 Å². The van der Waals surface area contributed by atoms with Gasteiger partial charge in [-0.15, -0.1) is 0 Å². The highest BCUT2D eigenvalue weighted by molar-refractivity contribution is 5.98. The number of hydrogen-bond acceptors (Lipinski definition) is 5. The minimum atomic E-state index is -0.647. The minimum absolute atomic E-state index is 0.0177. The summed E-state index contributed by atoms with van der Waals surface area (Å²) in [5.41, 5.74) is 5.67. The number of fused-ring (bicyclic) bond motifs is 1. The zero-order valence-electron chi connectivity index (χ0n) is 16.0. The summed E-state index contributed by atoms with van der Waals surface area (Å²) in [7, 11) is 0. The first-order valence-corrected chi connectivity index (χ1v) is 8.97. The third-order valence-corrected chi connectivity index (χ3v) is 4.72. The van der Waals surface area contributed by atoms with Crippen LogP contribution in [-0.2, 0) is 4.74 Å². The second-order valence-corrected chi connectivity index (χ2v) is 7.99. The maximum Gasteiger partial charge on any atom is 0.410 e. The number of nitrogens with one attached hydrogen (secondary N) is 1. The molecule has 0 bridgehead atoms. The second kappa shape index (κ2) is 6.71. The maximum absolute atomic E-state index is 12.4. The van der Waals surface area contributed by atoms with Crippen molar-refractivity contribution < 1.29 is 14.3 Å². The lowest BCUT2D eigenvalue weighted by molar-refractivity contribution is 0.0101. The quantitative estimate of drug-likeness (QED) is 0.826. The number of amides is 2. The Morgan fingerprint density at radius 3 is 2.67 bits per heavy atom. The molecule has 9 nitrogen and oxygen atoms in total. The molecule has 0 spiro atoms. The average Bonchev–Trinajstić information content (AvgIpc) is 2.95. The number of aromatic nitrogens is 3. The van der Waals surface area contributed by atoms with E-state index in [-0.39, 0.29) is 29.2 Å². The van der Waals surface area contributed by atoms with E-state index in [1.165, 1.54) is 12.3 Å². The molecule has 1 aliphatic heterocycles. The number of H-pyrrole nitrogens is 1. The number of carbonyl (C=O) groups is 2. The van der Waals surface area contributed by atoms with Gasteiger partial charge in [-0.25, -0.2) is 9.31 Å². The van der Waals surface area contributed by atoms with Gasteiger partial charge in [-0.1, -0.05) is 0 Å². The molecule has 3 N–H and O–H groups in total. The first-order valence-electron chi connectivity index (χ1n) is 8.97. The zero-order valence-corrected chi connectivity index (χ0v) is 16.0. The topological polar surface area (TPSA) is 123 Å². The van der Waals surface area contributed by atoms with Gasteiger partial charge in [0.15, 0.2) is 0 Å². The average molecular weight is 375 g/mol. The molecule has 1 aliphatic rings. The van der Waals surface area contributed by atoms with Gasteiger partial charge in [0.25, 0.3) is 11.5 Å². The Bertz CT molecular complexity index is 939. The first kappa shape index (κ1) is 18.9. The number of likely N-dealkylation sites (tertiary alicyclic amines) is 1. The van der Waals surface area contributed by atoms with Gasteiger partial charge < -0.3 is 20.4 Å². The van der Waals surface area contributed by atoms with E-state index in [0.29, 0.717) is 30.7 Å². The highest BCUT2D eigenvalue weighted by Gasteiger charge is 2.33. The molecule has 9 heteroatoms. The number of carbonyl (C=O) groups excluding carboxylic acids is 2. The van der Waals surface area contributed by atoms with E-state index < -0.39 is 11.5 Å². The Morgan fingerprint density at radius 1 is 1.37 bits per heavy atom. The van der Waals surface area contributed by atoms with Crippen LogP contribution in [0.25, 0.3) is 5.65 Å². The summed E-state index contributed by atoms with van der Waals surface area (Å²) >= 11 is 0. The van der Waals surface area contributed by atoms with Crippen LogP contribution >= 0.6 is 0 Å². The summed E-state index contributed by atoms with van der Waals surface area (Å²) in [5.74, 6) is -0.630. The number of primary amides is 1. The molecule has 3 heterocycles. The summed E-state index contributed by atoms with van der Waals surface area (Å²) < 4.78 is 7.03. The standard InChI is InChI=1S/C18H25N5O4/c1-10-7-11(5-6-22(10)17(26)27-18(2,3)4)13-8-14(24)21-16-12(15(19)25)9-20-23(13)16/h8-11H,5-7H2,1-4H3,(H2,19,25)(H,21,24)/t10-,11+/m0/s1. The number of hydrogen-bond donors (Lipinski definition) is 2. The SMILES string of the molecule is C[C@H]1C[C@H](c2cc(=O)[nH]c3c(C(N)=O)cnn23)CCN1C(=O)OC(C)(C)C. The predicted molar refractivity (Wildman–Crippen MR) is 98.7 cm³/mol. The van der Waals surface area contributed by atoms with Crippen molar-refractivity contribution in [3.63, 3.8) is 0 Å². The van der Waals surface area contributed by atoms with Crippen molar-refractivity contribution in [2.75, 3.05) is 6.54 Å². The van der Waals surface area contributed by atoms with E-state index in [1.54, 1.807) is 9.42 Å². The van der Waals surface area contributed by atoms with Crippen molar-refractivity contribution in [1.82, 2.24) is 19.5 Å². The van der Waals surface area contributed by atoms with E-state index in [0.717, 1.165) is 0 Å². The van der Waals surface area contributed by atoms with Crippen molar-refractivity contribution in [3.8, 4) is 0 Å².